The fourth-order valence-corrected chi connectivity index (χ4v) is 4.05. The van der Waals surface area contributed by atoms with Gasteiger partial charge in [0.05, 0.1) is 33.5 Å². The molecule has 1 N–H and O–H groups in total. The van der Waals surface area contributed by atoms with Crippen LogP contribution in [0.15, 0.2) is 77.8 Å². The minimum absolute atomic E-state index is 0.146. The van der Waals surface area contributed by atoms with Crippen LogP contribution < -0.4 is 4.72 Å². The lowest BCUT2D eigenvalue weighted by molar-refractivity contribution is 0.601. The molecule has 4 rings (SSSR count). The van der Waals surface area contributed by atoms with Crippen molar-refractivity contribution in [2.45, 2.75) is 11.8 Å². The molecule has 4 aromatic rings. The highest BCUT2D eigenvalue weighted by Crippen LogP contribution is 2.27. The highest BCUT2D eigenvalue weighted by Gasteiger charge is 2.16. The van der Waals surface area contributed by atoms with Gasteiger partial charge in [0.2, 0.25) is 0 Å². The maximum atomic E-state index is 12.7. The molecule has 0 amide bonds. The molecule has 3 aromatic carbocycles. The van der Waals surface area contributed by atoms with Gasteiger partial charge >= 0.3 is 0 Å². The van der Waals surface area contributed by atoms with E-state index in [2.05, 4.69) is 14.7 Å². The fourth-order valence-electron chi connectivity index (χ4n) is 2.80. The van der Waals surface area contributed by atoms with E-state index in [1.807, 2.05) is 43.3 Å². The molecule has 0 aliphatic rings. The summed E-state index contributed by atoms with van der Waals surface area (Å²) in [6.45, 7) is 1.84. The second-order valence-electron chi connectivity index (χ2n) is 6.33. The monoisotopic (exact) mass is 409 g/mol. The van der Waals surface area contributed by atoms with Crippen molar-refractivity contribution in [1.82, 2.24) is 9.97 Å². The number of sulfonamides is 1. The molecular formula is C21H16ClN3O2S. The van der Waals surface area contributed by atoms with Crippen LogP contribution in [0.25, 0.3) is 22.3 Å². The normalized spacial score (nSPS) is 11.5. The number of halogens is 1. The lowest BCUT2D eigenvalue weighted by Gasteiger charge is -2.12. The molecule has 0 spiro atoms. The van der Waals surface area contributed by atoms with Crippen molar-refractivity contribution in [2.24, 2.45) is 0 Å². The van der Waals surface area contributed by atoms with Gasteiger partial charge in [-0.25, -0.2) is 13.4 Å². The third kappa shape index (κ3) is 3.69. The van der Waals surface area contributed by atoms with Gasteiger partial charge < -0.3 is 0 Å². The molecule has 7 heteroatoms. The fraction of sp³-hybridized carbons (Fsp3) is 0.0476. The van der Waals surface area contributed by atoms with Gasteiger partial charge in [0, 0.05) is 10.6 Å². The molecule has 0 saturated heterocycles. The van der Waals surface area contributed by atoms with Crippen molar-refractivity contribution in [3.63, 3.8) is 0 Å². The molecule has 140 valence electrons. The van der Waals surface area contributed by atoms with Crippen LogP contribution in [-0.2, 0) is 10.0 Å². The molecule has 28 heavy (non-hydrogen) atoms. The minimum Gasteiger partial charge on any atom is -0.279 e. The number of aryl methyl sites for hydroxylation is 1. The molecular weight excluding hydrogens is 394 g/mol. The number of nitrogens with one attached hydrogen (secondary N) is 1. The highest BCUT2D eigenvalue weighted by atomic mass is 35.5. The van der Waals surface area contributed by atoms with Crippen molar-refractivity contribution in [2.75, 3.05) is 4.72 Å². The van der Waals surface area contributed by atoms with Crippen LogP contribution >= 0.6 is 11.6 Å². The first kappa shape index (κ1) is 18.4. The SMILES string of the molecule is Cc1ccc(-c2cnc3ccccc3n2)cc1NS(=O)(=O)c1ccc(Cl)cc1. The van der Waals surface area contributed by atoms with Crippen molar-refractivity contribution >= 4 is 38.3 Å². The third-order valence-corrected chi connectivity index (χ3v) is 5.98. The number of para-hydroxylation sites is 2. The van der Waals surface area contributed by atoms with Crippen LogP contribution in [0.4, 0.5) is 5.69 Å². The third-order valence-electron chi connectivity index (χ3n) is 4.35. The molecule has 0 saturated carbocycles. The van der Waals surface area contributed by atoms with Crippen molar-refractivity contribution < 1.29 is 8.42 Å². The number of hydrogen-bond donors (Lipinski definition) is 1. The molecule has 0 unspecified atom stereocenters. The maximum Gasteiger partial charge on any atom is 0.261 e. The second-order valence-corrected chi connectivity index (χ2v) is 8.45. The molecule has 0 bridgehead atoms. The van der Waals surface area contributed by atoms with E-state index in [9.17, 15) is 8.42 Å². The van der Waals surface area contributed by atoms with Gasteiger partial charge in [-0.05, 0) is 55.0 Å². The standard InChI is InChI=1S/C21H16ClN3O2S/c1-14-6-7-15(21-13-23-18-4-2-3-5-19(18)24-21)12-20(14)25-28(26,27)17-10-8-16(22)9-11-17/h2-13,25H,1H3. The van der Waals surface area contributed by atoms with Crippen LogP contribution in [0.3, 0.4) is 0 Å². The van der Waals surface area contributed by atoms with Crippen LogP contribution in [0.5, 0.6) is 0 Å². The Bertz CT molecular complexity index is 1270. The van der Waals surface area contributed by atoms with E-state index in [1.54, 1.807) is 24.4 Å². The summed E-state index contributed by atoms with van der Waals surface area (Å²) in [5.41, 5.74) is 4.33. The van der Waals surface area contributed by atoms with Gasteiger partial charge in [0.1, 0.15) is 0 Å². The predicted octanol–water partition coefficient (Wildman–Crippen LogP) is 5.06. The predicted molar refractivity (Wildman–Crippen MR) is 112 cm³/mol. The zero-order chi connectivity index (χ0) is 19.7. The Labute approximate surface area is 168 Å². The Hall–Kier alpha value is -2.96. The van der Waals surface area contributed by atoms with Gasteiger partial charge in [0.15, 0.2) is 0 Å². The van der Waals surface area contributed by atoms with E-state index in [-0.39, 0.29) is 4.90 Å². The summed E-state index contributed by atoms with van der Waals surface area (Å²) in [5, 5.41) is 0.479. The van der Waals surface area contributed by atoms with Crippen molar-refractivity contribution in [3.05, 3.63) is 83.5 Å². The first-order chi connectivity index (χ1) is 13.4. The van der Waals surface area contributed by atoms with Crippen LogP contribution in [-0.4, -0.2) is 18.4 Å². The summed E-state index contributed by atoms with van der Waals surface area (Å²) in [4.78, 5) is 9.20. The Balaban J connectivity index is 1.71. The Kier molecular flexibility index (Phi) is 4.75. The van der Waals surface area contributed by atoms with E-state index >= 15 is 0 Å². The van der Waals surface area contributed by atoms with E-state index in [0.29, 0.717) is 16.4 Å². The number of hydrogen-bond acceptors (Lipinski definition) is 4. The highest BCUT2D eigenvalue weighted by molar-refractivity contribution is 7.92. The topological polar surface area (TPSA) is 72.0 Å². The van der Waals surface area contributed by atoms with E-state index in [0.717, 1.165) is 22.2 Å². The first-order valence-electron chi connectivity index (χ1n) is 8.54. The van der Waals surface area contributed by atoms with Gasteiger partial charge in [0.25, 0.3) is 10.0 Å². The lowest BCUT2D eigenvalue weighted by atomic mass is 10.1. The lowest BCUT2D eigenvalue weighted by Crippen LogP contribution is -2.13. The smallest absolute Gasteiger partial charge is 0.261 e. The largest absolute Gasteiger partial charge is 0.279 e. The minimum atomic E-state index is -3.73. The quantitative estimate of drug-likeness (QED) is 0.511. The average molecular weight is 410 g/mol. The Morgan fingerprint density at radius 2 is 1.64 bits per heavy atom. The van der Waals surface area contributed by atoms with E-state index < -0.39 is 10.0 Å². The first-order valence-corrected chi connectivity index (χ1v) is 10.4. The van der Waals surface area contributed by atoms with Crippen LogP contribution in [0.2, 0.25) is 5.02 Å². The van der Waals surface area contributed by atoms with Crippen molar-refractivity contribution in [1.29, 1.82) is 0 Å². The molecule has 0 radical (unpaired) electrons. The molecule has 0 fully saturated rings. The van der Waals surface area contributed by atoms with Gasteiger partial charge in [-0.15, -0.1) is 0 Å². The number of rotatable bonds is 4. The summed E-state index contributed by atoms with van der Waals surface area (Å²) in [6, 6.07) is 19.2. The number of fused-ring (bicyclic) bond motifs is 1. The zero-order valence-electron chi connectivity index (χ0n) is 14.9. The zero-order valence-corrected chi connectivity index (χ0v) is 16.5. The van der Waals surface area contributed by atoms with Gasteiger partial charge in [-0.1, -0.05) is 35.9 Å². The summed E-state index contributed by atoms with van der Waals surface area (Å²) in [7, 11) is -3.73. The number of nitrogens with zero attached hydrogens (tertiary/aromatic N) is 2. The summed E-state index contributed by atoms with van der Waals surface area (Å²) >= 11 is 5.85. The number of anilines is 1. The molecule has 1 heterocycles. The molecule has 0 aliphatic heterocycles. The molecule has 0 atom stereocenters. The molecule has 1 aromatic heterocycles. The number of aromatic nitrogens is 2. The van der Waals surface area contributed by atoms with E-state index in [4.69, 9.17) is 11.6 Å². The van der Waals surface area contributed by atoms with Crippen LogP contribution in [0, 0.1) is 6.92 Å². The summed E-state index contributed by atoms with van der Waals surface area (Å²) in [6.07, 6.45) is 1.68. The second kappa shape index (κ2) is 7.22. The Morgan fingerprint density at radius 1 is 0.929 bits per heavy atom. The van der Waals surface area contributed by atoms with E-state index in [1.165, 1.54) is 12.1 Å². The van der Waals surface area contributed by atoms with Gasteiger partial charge in [-0.3, -0.25) is 9.71 Å². The van der Waals surface area contributed by atoms with Crippen molar-refractivity contribution in [3.8, 4) is 11.3 Å². The van der Waals surface area contributed by atoms with Gasteiger partial charge in [-0.2, -0.15) is 0 Å². The Morgan fingerprint density at radius 3 is 2.39 bits per heavy atom. The average Bonchev–Trinajstić information content (AvgIpc) is 2.69. The summed E-state index contributed by atoms with van der Waals surface area (Å²) < 4.78 is 28.1. The summed E-state index contributed by atoms with van der Waals surface area (Å²) in [5.74, 6) is 0. The molecule has 5 nitrogen and oxygen atoms in total. The van der Waals surface area contributed by atoms with Crippen LogP contribution in [0.1, 0.15) is 5.56 Å². The maximum absolute atomic E-state index is 12.7. The molecule has 0 aliphatic carbocycles. The number of benzene rings is 3.